The van der Waals surface area contributed by atoms with Crippen molar-refractivity contribution in [2.75, 3.05) is 6.54 Å². The topological polar surface area (TPSA) is 24.9 Å². The molecule has 0 bridgehead atoms. The highest BCUT2D eigenvalue weighted by Gasteiger charge is 2.26. The van der Waals surface area contributed by atoms with Gasteiger partial charge in [-0.05, 0) is 45.1 Å². The molecule has 17 heavy (non-hydrogen) atoms. The van der Waals surface area contributed by atoms with Crippen molar-refractivity contribution in [3.05, 3.63) is 16.6 Å². The van der Waals surface area contributed by atoms with Crippen molar-refractivity contribution in [2.45, 2.75) is 53.5 Å². The van der Waals surface area contributed by atoms with E-state index in [1.165, 1.54) is 5.69 Å². The van der Waals surface area contributed by atoms with Crippen LogP contribution in [0.2, 0.25) is 0 Å². The minimum Gasteiger partial charge on any atom is -0.312 e. The molecule has 1 rings (SSSR count). The minimum absolute atomic E-state index is 0.186. The van der Waals surface area contributed by atoms with Crippen molar-refractivity contribution < 1.29 is 0 Å². The number of nitrogens with zero attached hydrogens (tertiary/aromatic N) is 1. The standard InChI is InChI=1S/C14H26N2S/c1-13(2,3)11(8-16-14(4,5)6)7-12-9-17-10-15-12/h9-11,16H,7-8H2,1-6H3. The molecule has 0 radical (unpaired) electrons. The van der Waals surface area contributed by atoms with Gasteiger partial charge in [0.25, 0.3) is 0 Å². The molecule has 0 spiro atoms. The highest BCUT2D eigenvalue weighted by atomic mass is 32.1. The number of hydrogen-bond acceptors (Lipinski definition) is 3. The van der Waals surface area contributed by atoms with E-state index in [0.717, 1.165) is 13.0 Å². The molecule has 1 unspecified atom stereocenters. The van der Waals surface area contributed by atoms with Crippen LogP contribution in [0.25, 0.3) is 0 Å². The zero-order valence-corrected chi connectivity index (χ0v) is 12.8. The monoisotopic (exact) mass is 254 g/mol. The smallest absolute Gasteiger partial charge is 0.0794 e. The fraction of sp³-hybridized carbons (Fsp3) is 0.786. The van der Waals surface area contributed by atoms with Crippen molar-refractivity contribution in [2.24, 2.45) is 11.3 Å². The SMILES string of the molecule is CC(C)(C)NCC(Cc1cscn1)C(C)(C)C. The highest BCUT2D eigenvalue weighted by Crippen LogP contribution is 2.29. The molecule has 1 N–H and O–H groups in total. The second-order valence-corrected chi connectivity index (χ2v) is 7.60. The van der Waals surface area contributed by atoms with Gasteiger partial charge in [0.1, 0.15) is 0 Å². The van der Waals surface area contributed by atoms with Crippen molar-refractivity contribution in [3.8, 4) is 0 Å². The van der Waals surface area contributed by atoms with Crippen LogP contribution in [0.1, 0.15) is 47.2 Å². The van der Waals surface area contributed by atoms with Crippen molar-refractivity contribution >= 4 is 11.3 Å². The van der Waals surface area contributed by atoms with Gasteiger partial charge in [-0.3, -0.25) is 0 Å². The molecule has 0 aliphatic rings. The summed E-state index contributed by atoms with van der Waals surface area (Å²) in [5.41, 5.74) is 3.64. The molecule has 2 nitrogen and oxygen atoms in total. The Kier molecular flexibility index (Phi) is 4.73. The molecule has 0 saturated heterocycles. The molecule has 3 heteroatoms. The normalized spacial score (nSPS) is 14.9. The van der Waals surface area contributed by atoms with Crippen molar-refractivity contribution in [1.82, 2.24) is 10.3 Å². The fourth-order valence-electron chi connectivity index (χ4n) is 1.70. The second-order valence-electron chi connectivity index (χ2n) is 6.88. The van der Waals surface area contributed by atoms with Gasteiger partial charge >= 0.3 is 0 Å². The number of thiazole rings is 1. The molecule has 0 amide bonds. The molecule has 0 fully saturated rings. The van der Waals surface area contributed by atoms with Crippen molar-refractivity contribution in [1.29, 1.82) is 0 Å². The number of rotatable bonds is 4. The Morgan fingerprint density at radius 1 is 1.24 bits per heavy atom. The van der Waals surface area contributed by atoms with Crippen LogP contribution in [0.15, 0.2) is 10.9 Å². The molecule has 0 aromatic carbocycles. The summed E-state index contributed by atoms with van der Waals surface area (Å²) >= 11 is 1.68. The summed E-state index contributed by atoms with van der Waals surface area (Å²) < 4.78 is 0. The molecular weight excluding hydrogens is 228 g/mol. The quantitative estimate of drug-likeness (QED) is 0.885. The predicted octanol–water partition coefficient (Wildman–Crippen LogP) is 3.74. The third kappa shape index (κ3) is 5.64. The largest absolute Gasteiger partial charge is 0.312 e. The van der Waals surface area contributed by atoms with Gasteiger partial charge in [0, 0.05) is 10.9 Å². The van der Waals surface area contributed by atoms with E-state index in [9.17, 15) is 0 Å². The maximum Gasteiger partial charge on any atom is 0.0794 e. The first-order chi connectivity index (χ1) is 7.68. The second kappa shape index (κ2) is 5.49. The van der Waals surface area contributed by atoms with Crippen LogP contribution in [0, 0.1) is 11.3 Å². The van der Waals surface area contributed by atoms with E-state index in [1.54, 1.807) is 11.3 Å². The Morgan fingerprint density at radius 2 is 1.88 bits per heavy atom. The van der Waals surface area contributed by atoms with Crippen molar-refractivity contribution in [3.63, 3.8) is 0 Å². The zero-order chi connectivity index (χ0) is 13.1. The Balaban J connectivity index is 2.62. The maximum atomic E-state index is 4.40. The Bertz CT molecular complexity index is 317. The number of aromatic nitrogens is 1. The first-order valence-corrected chi connectivity index (χ1v) is 7.25. The molecule has 1 atom stereocenters. The zero-order valence-electron chi connectivity index (χ0n) is 12.0. The van der Waals surface area contributed by atoms with Gasteiger partial charge in [-0.15, -0.1) is 11.3 Å². The van der Waals surface area contributed by atoms with E-state index < -0.39 is 0 Å². The summed E-state index contributed by atoms with van der Waals surface area (Å²) in [5.74, 6) is 0.615. The minimum atomic E-state index is 0.186. The average molecular weight is 254 g/mol. The molecule has 1 aromatic heterocycles. The van der Waals surface area contributed by atoms with E-state index in [4.69, 9.17) is 0 Å². The van der Waals surface area contributed by atoms with Crippen LogP contribution < -0.4 is 5.32 Å². The Hall–Kier alpha value is -0.410. The summed E-state index contributed by atoms with van der Waals surface area (Å²) in [7, 11) is 0. The number of hydrogen-bond donors (Lipinski definition) is 1. The van der Waals surface area contributed by atoms with Gasteiger partial charge in [0.2, 0.25) is 0 Å². The van der Waals surface area contributed by atoms with Gasteiger partial charge < -0.3 is 5.32 Å². The van der Waals surface area contributed by atoms with Crippen LogP contribution in [0.4, 0.5) is 0 Å². The Labute approximate surface area is 110 Å². The Morgan fingerprint density at radius 3 is 2.29 bits per heavy atom. The lowest BCUT2D eigenvalue weighted by Crippen LogP contribution is -2.42. The summed E-state index contributed by atoms with van der Waals surface area (Å²) in [6.07, 6.45) is 1.07. The first-order valence-electron chi connectivity index (χ1n) is 6.30. The summed E-state index contributed by atoms with van der Waals surface area (Å²) in [5, 5.41) is 5.78. The summed E-state index contributed by atoms with van der Waals surface area (Å²) in [6.45, 7) is 14.6. The third-order valence-electron chi connectivity index (χ3n) is 3.04. The highest BCUT2D eigenvalue weighted by molar-refractivity contribution is 7.07. The molecular formula is C14H26N2S. The fourth-order valence-corrected chi connectivity index (χ4v) is 2.28. The van der Waals surface area contributed by atoms with Gasteiger partial charge in [0.15, 0.2) is 0 Å². The lowest BCUT2D eigenvalue weighted by Gasteiger charge is -2.33. The van der Waals surface area contributed by atoms with E-state index >= 15 is 0 Å². The van der Waals surface area contributed by atoms with E-state index in [2.05, 4.69) is 57.2 Å². The molecule has 0 aliphatic heterocycles. The van der Waals surface area contributed by atoms with Crippen LogP contribution >= 0.6 is 11.3 Å². The van der Waals surface area contributed by atoms with E-state index in [-0.39, 0.29) is 5.54 Å². The summed E-state index contributed by atoms with van der Waals surface area (Å²) in [4.78, 5) is 4.40. The van der Waals surface area contributed by atoms with E-state index in [1.807, 2.05) is 5.51 Å². The number of nitrogens with one attached hydrogen (secondary N) is 1. The molecule has 0 saturated carbocycles. The van der Waals surface area contributed by atoms with Crippen LogP contribution in [0.3, 0.4) is 0 Å². The summed E-state index contributed by atoms with van der Waals surface area (Å²) in [6, 6.07) is 0. The lowest BCUT2D eigenvalue weighted by atomic mass is 9.78. The molecule has 0 aliphatic carbocycles. The van der Waals surface area contributed by atoms with Crippen LogP contribution in [-0.2, 0) is 6.42 Å². The van der Waals surface area contributed by atoms with Gasteiger partial charge in [0.05, 0.1) is 11.2 Å². The van der Waals surface area contributed by atoms with Gasteiger partial charge in [-0.25, -0.2) is 4.98 Å². The molecule has 1 heterocycles. The van der Waals surface area contributed by atoms with E-state index in [0.29, 0.717) is 11.3 Å². The van der Waals surface area contributed by atoms with Gasteiger partial charge in [-0.2, -0.15) is 0 Å². The molecule has 1 aromatic rings. The lowest BCUT2D eigenvalue weighted by molar-refractivity contribution is 0.213. The van der Waals surface area contributed by atoms with Gasteiger partial charge in [-0.1, -0.05) is 20.8 Å². The first kappa shape index (κ1) is 14.7. The van der Waals surface area contributed by atoms with Crippen LogP contribution in [-0.4, -0.2) is 17.1 Å². The van der Waals surface area contributed by atoms with Crippen LogP contribution in [0.5, 0.6) is 0 Å². The predicted molar refractivity (Wildman–Crippen MR) is 76.5 cm³/mol. The molecule has 98 valence electrons. The average Bonchev–Trinajstić information content (AvgIpc) is 2.60. The third-order valence-corrected chi connectivity index (χ3v) is 3.68. The maximum absolute atomic E-state index is 4.40.